The second-order valence-corrected chi connectivity index (χ2v) is 4.31. The van der Waals surface area contributed by atoms with Gasteiger partial charge in [-0.3, -0.25) is 9.78 Å². The van der Waals surface area contributed by atoms with Crippen LogP contribution in [0.25, 0.3) is 11.3 Å². The molecular formula is C12H8N4O4. The highest BCUT2D eigenvalue weighted by atomic mass is 16.7. The lowest BCUT2D eigenvalue weighted by Crippen LogP contribution is -2.15. The molecule has 0 saturated heterocycles. The average Bonchev–Trinajstić information content (AvgIpc) is 3.06. The molecule has 8 nitrogen and oxygen atoms in total. The van der Waals surface area contributed by atoms with Crippen LogP contribution < -0.4 is 15.0 Å². The van der Waals surface area contributed by atoms with Crippen molar-refractivity contribution >= 4 is 11.3 Å². The van der Waals surface area contributed by atoms with E-state index in [1.807, 2.05) is 18.2 Å². The first-order valence-electron chi connectivity index (χ1n) is 5.89. The lowest BCUT2D eigenvalue weighted by molar-refractivity contribution is 0.174. The maximum atomic E-state index is 11.9. The zero-order valence-corrected chi connectivity index (χ0v) is 10.1. The number of hydrogen-bond donors (Lipinski definition) is 1. The SMILES string of the molecule is O=c1[nH]c2nonc2nc1Cc1ccc2c(c1)OCO2. The summed E-state index contributed by atoms with van der Waals surface area (Å²) in [6, 6.07) is 5.50. The fraction of sp³-hybridized carbons (Fsp3) is 0.167. The second kappa shape index (κ2) is 4.05. The van der Waals surface area contributed by atoms with Gasteiger partial charge in [-0.1, -0.05) is 6.07 Å². The van der Waals surface area contributed by atoms with Gasteiger partial charge < -0.3 is 9.47 Å². The normalized spacial score (nSPS) is 13.0. The van der Waals surface area contributed by atoms with E-state index >= 15 is 0 Å². The summed E-state index contributed by atoms with van der Waals surface area (Å²) in [4.78, 5) is 18.6. The molecule has 1 aliphatic rings. The molecule has 2 aromatic heterocycles. The molecule has 1 aliphatic heterocycles. The molecule has 0 bridgehead atoms. The molecule has 3 heterocycles. The summed E-state index contributed by atoms with van der Waals surface area (Å²) in [5, 5.41) is 7.14. The molecule has 1 aromatic carbocycles. The lowest BCUT2D eigenvalue weighted by Gasteiger charge is -2.02. The summed E-state index contributed by atoms with van der Waals surface area (Å²) < 4.78 is 15.1. The number of hydrogen-bond acceptors (Lipinski definition) is 7. The van der Waals surface area contributed by atoms with E-state index < -0.39 is 0 Å². The Morgan fingerprint density at radius 3 is 3.05 bits per heavy atom. The van der Waals surface area contributed by atoms with Gasteiger partial charge in [0.1, 0.15) is 5.69 Å². The summed E-state index contributed by atoms with van der Waals surface area (Å²) in [5.74, 6) is 1.37. The zero-order valence-electron chi connectivity index (χ0n) is 10.1. The predicted octanol–water partition coefficient (Wildman–Crippen LogP) is 0.626. The van der Waals surface area contributed by atoms with Crippen LogP contribution >= 0.6 is 0 Å². The number of ether oxygens (including phenoxy) is 2. The maximum absolute atomic E-state index is 11.9. The molecule has 100 valence electrons. The molecular weight excluding hydrogens is 264 g/mol. The molecule has 0 amide bonds. The van der Waals surface area contributed by atoms with E-state index in [1.165, 1.54) is 0 Å². The minimum absolute atomic E-state index is 0.216. The van der Waals surface area contributed by atoms with Crippen molar-refractivity contribution in [1.82, 2.24) is 20.3 Å². The highest BCUT2D eigenvalue weighted by Gasteiger charge is 2.15. The van der Waals surface area contributed by atoms with Gasteiger partial charge in [0, 0.05) is 6.42 Å². The van der Waals surface area contributed by atoms with Crippen LogP contribution in [0.2, 0.25) is 0 Å². The van der Waals surface area contributed by atoms with Gasteiger partial charge in [-0.15, -0.1) is 0 Å². The third-order valence-corrected chi connectivity index (χ3v) is 3.01. The molecule has 0 fully saturated rings. The second-order valence-electron chi connectivity index (χ2n) is 4.31. The first kappa shape index (κ1) is 11.0. The Morgan fingerprint density at radius 2 is 2.10 bits per heavy atom. The van der Waals surface area contributed by atoms with Crippen LogP contribution in [0.5, 0.6) is 11.5 Å². The molecule has 8 heteroatoms. The zero-order chi connectivity index (χ0) is 13.5. The van der Waals surface area contributed by atoms with Crippen molar-refractivity contribution in [3.63, 3.8) is 0 Å². The summed E-state index contributed by atoms with van der Waals surface area (Å²) in [6.07, 6.45) is 0.356. The van der Waals surface area contributed by atoms with Gasteiger partial charge >= 0.3 is 0 Å². The van der Waals surface area contributed by atoms with Crippen molar-refractivity contribution in [2.24, 2.45) is 0 Å². The minimum Gasteiger partial charge on any atom is -0.454 e. The molecule has 0 unspecified atom stereocenters. The van der Waals surface area contributed by atoms with Gasteiger partial charge in [0.15, 0.2) is 11.5 Å². The smallest absolute Gasteiger partial charge is 0.271 e. The average molecular weight is 272 g/mol. The molecule has 0 radical (unpaired) electrons. The fourth-order valence-corrected chi connectivity index (χ4v) is 2.06. The quantitative estimate of drug-likeness (QED) is 0.729. The number of fused-ring (bicyclic) bond motifs is 2. The van der Waals surface area contributed by atoms with Gasteiger partial charge in [-0.2, -0.15) is 0 Å². The van der Waals surface area contributed by atoms with Crippen LogP contribution in [0.3, 0.4) is 0 Å². The van der Waals surface area contributed by atoms with Crippen molar-refractivity contribution in [1.29, 1.82) is 0 Å². The van der Waals surface area contributed by atoms with Crippen LogP contribution in [-0.2, 0) is 6.42 Å². The molecule has 1 N–H and O–H groups in total. The monoisotopic (exact) mass is 272 g/mol. The molecule has 20 heavy (non-hydrogen) atoms. The van der Waals surface area contributed by atoms with Gasteiger partial charge in [0.05, 0.1) is 0 Å². The van der Waals surface area contributed by atoms with Crippen molar-refractivity contribution in [3.05, 3.63) is 39.8 Å². The van der Waals surface area contributed by atoms with Crippen LogP contribution in [0.15, 0.2) is 27.6 Å². The summed E-state index contributed by atoms with van der Waals surface area (Å²) in [7, 11) is 0. The summed E-state index contributed by atoms with van der Waals surface area (Å²) in [6.45, 7) is 0.216. The van der Waals surface area contributed by atoms with E-state index in [2.05, 4.69) is 24.9 Å². The topological polar surface area (TPSA) is 103 Å². The number of rotatable bonds is 2. The van der Waals surface area contributed by atoms with Crippen LogP contribution in [0.4, 0.5) is 0 Å². The highest BCUT2D eigenvalue weighted by molar-refractivity contribution is 5.62. The molecule has 0 saturated carbocycles. The van der Waals surface area contributed by atoms with Gasteiger partial charge in [0.25, 0.3) is 5.56 Å². The van der Waals surface area contributed by atoms with Gasteiger partial charge in [-0.25, -0.2) is 9.61 Å². The Bertz CT molecular complexity index is 854. The van der Waals surface area contributed by atoms with E-state index in [9.17, 15) is 4.79 Å². The van der Waals surface area contributed by atoms with Crippen LogP contribution in [0.1, 0.15) is 11.3 Å². The van der Waals surface area contributed by atoms with E-state index in [-0.39, 0.29) is 23.6 Å². The van der Waals surface area contributed by atoms with Gasteiger partial charge in [0.2, 0.25) is 18.1 Å². The molecule has 4 rings (SSSR count). The van der Waals surface area contributed by atoms with Gasteiger partial charge in [-0.05, 0) is 28.0 Å². The fourth-order valence-electron chi connectivity index (χ4n) is 2.06. The van der Waals surface area contributed by atoms with Crippen molar-refractivity contribution in [2.45, 2.75) is 6.42 Å². The minimum atomic E-state index is -0.314. The third kappa shape index (κ3) is 1.69. The Hall–Kier alpha value is -2.90. The van der Waals surface area contributed by atoms with Crippen LogP contribution in [0, 0.1) is 0 Å². The molecule has 3 aromatic rings. The van der Waals surface area contributed by atoms with Crippen molar-refractivity contribution in [3.8, 4) is 11.5 Å². The van der Waals surface area contributed by atoms with Crippen molar-refractivity contribution < 1.29 is 14.1 Å². The van der Waals surface area contributed by atoms with E-state index in [4.69, 9.17) is 9.47 Å². The standard InChI is InChI=1S/C12H8N4O4/c17-12-7(13-10-11(14-12)16-20-15-10)3-6-1-2-8-9(4-6)19-5-18-8/h1-2,4H,3,5H2,(H,14,16,17). The summed E-state index contributed by atoms with van der Waals surface area (Å²) in [5.41, 5.74) is 1.44. The predicted molar refractivity (Wildman–Crippen MR) is 65.6 cm³/mol. The number of benzene rings is 1. The lowest BCUT2D eigenvalue weighted by atomic mass is 10.1. The Labute approximate surface area is 111 Å². The number of aromatic amines is 1. The van der Waals surface area contributed by atoms with Crippen molar-refractivity contribution in [2.75, 3.05) is 6.79 Å². The van der Waals surface area contributed by atoms with Crippen LogP contribution in [-0.4, -0.2) is 27.1 Å². The van der Waals surface area contributed by atoms with E-state index in [0.717, 1.165) is 5.56 Å². The number of aromatic nitrogens is 4. The van der Waals surface area contributed by atoms with E-state index in [1.54, 1.807) is 0 Å². The molecule has 0 spiro atoms. The number of nitrogens with zero attached hydrogens (tertiary/aromatic N) is 3. The number of nitrogens with one attached hydrogen (secondary N) is 1. The first-order valence-corrected chi connectivity index (χ1v) is 5.89. The highest BCUT2D eigenvalue weighted by Crippen LogP contribution is 2.32. The Morgan fingerprint density at radius 1 is 1.20 bits per heavy atom. The third-order valence-electron chi connectivity index (χ3n) is 3.01. The molecule has 0 aliphatic carbocycles. The van der Waals surface area contributed by atoms with E-state index in [0.29, 0.717) is 23.6 Å². The largest absolute Gasteiger partial charge is 0.454 e. The summed E-state index contributed by atoms with van der Waals surface area (Å²) >= 11 is 0. The molecule has 0 atom stereocenters. The Balaban J connectivity index is 1.73. The first-order chi connectivity index (χ1) is 9.79. The Kier molecular flexibility index (Phi) is 2.22. The maximum Gasteiger partial charge on any atom is 0.271 e. The number of H-pyrrole nitrogens is 1.